The number of imide groups is 1. The lowest BCUT2D eigenvalue weighted by molar-refractivity contribution is -0.140. The molecule has 3 aliphatic carbocycles. The number of rotatable bonds is 3. The van der Waals surface area contributed by atoms with Crippen LogP contribution in [0.4, 0.5) is 0 Å². The van der Waals surface area contributed by atoms with Gasteiger partial charge in [-0.3, -0.25) is 14.5 Å². The van der Waals surface area contributed by atoms with E-state index in [1.807, 2.05) is 54.6 Å². The highest BCUT2D eigenvalue weighted by Gasteiger charge is 2.67. The Morgan fingerprint density at radius 1 is 0.871 bits per heavy atom. The summed E-state index contributed by atoms with van der Waals surface area (Å²) in [5.41, 5.74) is 4.56. The van der Waals surface area contributed by atoms with E-state index in [9.17, 15) is 9.59 Å². The van der Waals surface area contributed by atoms with Crippen molar-refractivity contribution in [2.24, 2.45) is 5.92 Å². The Morgan fingerprint density at radius 3 is 2.35 bits per heavy atom. The predicted molar refractivity (Wildman–Crippen MR) is 119 cm³/mol. The molecule has 4 atom stereocenters. The summed E-state index contributed by atoms with van der Waals surface area (Å²) in [6.45, 7) is 2.39. The third kappa shape index (κ3) is 2.40. The van der Waals surface area contributed by atoms with Gasteiger partial charge in [0.05, 0.1) is 12.5 Å². The van der Waals surface area contributed by atoms with Gasteiger partial charge in [-0.15, -0.1) is 0 Å². The Balaban J connectivity index is 1.54. The number of amides is 2. The van der Waals surface area contributed by atoms with E-state index in [0.29, 0.717) is 6.54 Å². The Bertz CT molecular complexity index is 1230. The van der Waals surface area contributed by atoms with Crippen molar-refractivity contribution in [2.45, 2.75) is 30.7 Å². The number of benzene rings is 3. The van der Waals surface area contributed by atoms with Crippen LogP contribution in [0.5, 0.6) is 0 Å². The SMILES string of the molecule is Cc1ccc([C@H]2[C@@H]3C=C[C@@]4(C(=O)N(Cc5ccccc5)C(=O)[C@H]24)c2ccccc23)cc1. The van der Waals surface area contributed by atoms with E-state index in [1.54, 1.807) is 0 Å². The molecule has 0 unspecified atom stereocenters. The van der Waals surface area contributed by atoms with E-state index < -0.39 is 11.3 Å². The molecule has 3 aromatic rings. The number of carbonyl (C=O) groups excluding carboxylic acids is 2. The zero-order chi connectivity index (χ0) is 21.2. The largest absolute Gasteiger partial charge is 0.277 e. The minimum absolute atomic E-state index is 0.0438. The lowest BCUT2D eigenvalue weighted by Gasteiger charge is -2.48. The van der Waals surface area contributed by atoms with Crippen LogP contribution in [-0.2, 0) is 21.5 Å². The van der Waals surface area contributed by atoms with E-state index >= 15 is 0 Å². The number of allylic oxidation sites excluding steroid dienone is 1. The number of likely N-dealkylation sites (tertiary alicyclic amines) is 1. The van der Waals surface area contributed by atoms with Gasteiger partial charge in [0.1, 0.15) is 5.41 Å². The summed E-state index contributed by atoms with van der Waals surface area (Å²) < 4.78 is 0. The summed E-state index contributed by atoms with van der Waals surface area (Å²) in [6, 6.07) is 26.4. The first-order valence-electron chi connectivity index (χ1n) is 10.9. The molecule has 31 heavy (non-hydrogen) atoms. The lowest BCUT2D eigenvalue weighted by Crippen LogP contribution is -2.49. The van der Waals surface area contributed by atoms with E-state index in [0.717, 1.165) is 16.7 Å². The molecule has 3 heteroatoms. The second-order valence-electron chi connectivity index (χ2n) is 8.97. The van der Waals surface area contributed by atoms with Crippen LogP contribution in [0.2, 0.25) is 0 Å². The summed E-state index contributed by atoms with van der Waals surface area (Å²) in [5.74, 6) is -0.498. The van der Waals surface area contributed by atoms with Gasteiger partial charge < -0.3 is 0 Å². The van der Waals surface area contributed by atoms with Crippen LogP contribution < -0.4 is 0 Å². The highest BCUT2D eigenvalue weighted by atomic mass is 16.2. The second kappa shape index (κ2) is 6.52. The summed E-state index contributed by atoms with van der Waals surface area (Å²) in [5, 5.41) is 0. The average molecular weight is 405 g/mol. The molecule has 0 aromatic heterocycles. The number of hydrogen-bond donors (Lipinski definition) is 0. The molecule has 0 saturated carbocycles. The van der Waals surface area contributed by atoms with E-state index in [1.165, 1.54) is 16.0 Å². The molecule has 1 fully saturated rings. The Morgan fingerprint density at radius 2 is 1.58 bits per heavy atom. The van der Waals surface area contributed by atoms with Crippen molar-refractivity contribution < 1.29 is 9.59 Å². The van der Waals surface area contributed by atoms with Crippen molar-refractivity contribution in [1.29, 1.82) is 0 Å². The van der Waals surface area contributed by atoms with Gasteiger partial charge in [0.15, 0.2) is 0 Å². The first-order valence-corrected chi connectivity index (χ1v) is 10.9. The fourth-order valence-electron chi connectivity index (χ4n) is 5.95. The van der Waals surface area contributed by atoms with Crippen molar-refractivity contribution in [3.63, 3.8) is 0 Å². The first-order chi connectivity index (χ1) is 15.1. The molecule has 0 N–H and O–H groups in total. The molecular weight excluding hydrogens is 382 g/mol. The predicted octanol–water partition coefficient (Wildman–Crippen LogP) is 4.87. The van der Waals surface area contributed by atoms with Gasteiger partial charge in [0, 0.05) is 11.8 Å². The fourth-order valence-corrected chi connectivity index (χ4v) is 5.95. The third-order valence-electron chi connectivity index (χ3n) is 7.35. The Hall–Kier alpha value is -3.46. The number of nitrogens with zero attached hydrogens (tertiary/aromatic N) is 1. The van der Waals surface area contributed by atoms with Crippen LogP contribution in [0.3, 0.4) is 0 Å². The van der Waals surface area contributed by atoms with Gasteiger partial charge in [-0.05, 0) is 29.2 Å². The normalized spacial score (nSPS) is 28.0. The topological polar surface area (TPSA) is 37.4 Å². The van der Waals surface area contributed by atoms with E-state index in [2.05, 4.69) is 43.3 Å². The lowest BCUT2D eigenvalue weighted by atomic mass is 9.51. The summed E-state index contributed by atoms with van der Waals surface area (Å²) in [6.07, 6.45) is 4.20. The van der Waals surface area contributed by atoms with E-state index in [4.69, 9.17) is 0 Å². The number of aryl methyl sites for hydroxylation is 1. The van der Waals surface area contributed by atoms with Crippen LogP contribution in [0, 0.1) is 12.8 Å². The molecule has 0 radical (unpaired) electrons. The van der Waals surface area contributed by atoms with Crippen LogP contribution in [-0.4, -0.2) is 16.7 Å². The highest BCUT2D eigenvalue weighted by Crippen LogP contribution is 2.62. The number of carbonyl (C=O) groups is 2. The monoisotopic (exact) mass is 405 g/mol. The standard InChI is InChI=1S/C28H23NO2/c1-18-11-13-20(14-12-18)24-22-15-16-28(23-10-6-5-9-21(22)23)25(24)26(30)29(27(28)31)17-19-7-3-2-4-8-19/h2-16,22,24-25H,17H2,1H3/t22-,24+,25+,28-/m1/s1. The maximum Gasteiger partial charge on any atom is 0.244 e. The van der Waals surface area contributed by atoms with Gasteiger partial charge in [0.2, 0.25) is 11.8 Å². The van der Waals surface area contributed by atoms with Gasteiger partial charge in [-0.2, -0.15) is 0 Å². The zero-order valence-electron chi connectivity index (χ0n) is 17.4. The molecule has 4 aliphatic rings. The third-order valence-corrected chi connectivity index (χ3v) is 7.35. The van der Waals surface area contributed by atoms with Crippen LogP contribution in [0.25, 0.3) is 0 Å². The fraction of sp³-hybridized carbons (Fsp3) is 0.214. The smallest absolute Gasteiger partial charge is 0.244 e. The molecule has 7 rings (SSSR count). The molecule has 2 bridgehead atoms. The van der Waals surface area contributed by atoms with Gasteiger partial charge in [-0.25, -0.2) is 0 Å². The first kappa shape index (κ1) is 18.3. The van der Waals surface area contributed by atoms with Gasteiger partial charge in [-0.1, -0.05) is 96.6 Å². The molecule has 1 aliphatic heterocycles. The molecule has 1 saturated heterocycles. The maximum atomic E-state index is 14.0. The maximum absolute atomic E-state index is 14.0. The Kier molecular flexibility index (Phi) is 3.85. The van der Waals surface area contributed by atoms with Crippen LogP contribution in [0.1, 0.15) is 39.7 Å². The van der Waals surface area contributed by atoms with Crippen molar-refractivity contribution in [1.82, 2.24) is 4.90 Å². The van der Waals surface area contributed by atoms with Gasteiger partial charge in [0.25, 0.3) is 0 Å². The van der Waals surface area contributed by atoms with E-state index in [-0.39, 0.29) is 23.7 Å². The summed E-state index contributed by atoms with van der Waals surface area (Å²) in [4.78, 5) is 29.3. The van der Waals surface area contributed by atoms with Crippen molar-refractivity contribution in [3.05, 3.63) is 119 Å². The quantitative estimate of drug-likeness (QED) is 0.461. The van der Waals surface area contributed by atoms with Crippen LogP contribution in [0.15, 0.2) is 91.0 Å². The molecule has 3 nitrogen and oxygen atoms in total. The second-order valence-corrected chi connectivity index (χ2v) is 8.97. The molecule has 2 amide bonds. The molecule has 1 spiro atoms. The minimum Gasteiger partial charge on any atom is -0.277 e. The van der Waals surface area contributed by atoms with Gasteiger partial charge >= 0.3 is 0 Å². The molecule has 3 aromatic carbocycles. The molecule has 152 valence electrons. The Labute approximate surface area is 182 Å². The molecular formula is C28H23NO2. The summed E-state index contributed by atoms with van der Waals surface area (Å²) in [7, 11) is 0. The van der Waals surface area contributed by atoms with Crippen molar-refractivity contribution in [2.75, 3.05) is 0 Å². The zero-order valence-corrected chi connectivity index (χ0v) is 17.4. The minimum atomic E-state index is -0.910. The van der Waals surface area contributed by atoms with Crippen molar-refractivity contribution >= 4 is 11.8 Å². The average Bonchev–Trinajstić information content (AvgIpc) is 3.03. The molecule has 1 heterocycles. The highest BCUT2D eigenvalue weighted by molar-refractivity contribution is 6.13. The summed E-state index contributed by atoms with van der Waals surface area (Å²) >= 11 is 0. The van der Waals surface area contributed by atoms with Crippen molar-refractivity contribution in [3.8, 4) is 0 Å². The van der Waals surface area contributed by atoms with Crippen LogP contribution >= 0.6 is 0 Å². The number of hydrogen-bond acceptors (Lipinski definition) is 2.